The van der Waals surface area contributed by atoms with Crippen LogP contribution < -0.4 is 5.32 Å². The summed E-state index contributed by atoms with van der Waals surface area (Å²) in [4.78, 5) is 10.5. The summed E-state index contributed by atoms with van der Waals surface area (Å²) in [5.74, 6) is -0.642. The summed E-state index contributed by atoms with van der Waals surface area (Å²) in [6.07, 6.45) is -3.30. The molecule has 0 atom stereocenters. The minimum absolute atomic E-state index is 0.280. The van der Waals surface area contributed by atoms with Gasteiger partial charge in [-0.05, 0) is 0 Å². The zero-order valence-corrected chi connectivity index (χ0v) is 6.27. The molecule has 11 heavy (non-hydrogen) atoms. The van der Waals surface area contributed by atoms with Crippen molar-refractivity contribution in [3.63, 3.8) is 0 Å². The summed E-state index contributed by atoms with van der Waals surface area (Å²) in [5.41, 5.74) is 0. The maximum Gasteiger partial charge on any atom is 0.247 e. The highest BCUT2D eigenvalue weighted by Gasteiger charge is 2.08. The van der Waals surface area contributed by atoms with Crippen molar-refractivity contribution >= 4 is 5.91 Å². The van der Waals surface area contributed by atoms with Gasteiger partial charge in [-0.25, -0.2) is 8.78 Å². The van der Waals surface area contributed by atoms with Crippen LogP contribution in [0.3, 0.4) is 0 Å². The number of alkyl halides is 2. The van der Waals surface area contributed by atoms with Crippen molar-refractivity contribution in [2.45, 2.75) is 12.8 Å². The lowest BCUT2D eigenvalue weighted by Gasteiger charge is -2.02. The van der Waals surface area contributed by atoms with Crippen molar-refractivity contribution in [2.75, 3.05) is 20.3 Å². The summed E-state index contributed by atoms with van der Waals surface area (Å²) in [6.45, 7) is 0.622. The standard InChI is InChI=1S/C6H11F2NO2/c1-11-3-2-9-6(10)4-5(7)8/h5H,2-4H2,1H3,(H,9,10). The molecule has 0 saturated carbocycles. The Bertz CT molecular complexity index is 119. The van der Waals surface area contributed by atoms with Gasteiger partial charge in [-0.2, -0.15) is 0 Å². The summed E-state index contributed by atoms with van der Waals surface area (Å²) >= 11 is 0. The van der Waals surface area contributed by atoms with Gasteiger partial charge in [0, 0.05) is 13.7 Å². The third-order valence-electron chi connectivity index (χ3n) is 0.968. The molecule has 5 heteroatoms. The monoisotopic (exact) mass is 167 g/mol. The van der Waals surface area contributed by atoms with E-state index in [1.54, 1.807) is 0 Å². The van der Waals surface area contributed by atoms with Gasteiger partial charge < -0.3 is 10.1 Å². The largest absolute Gasteiger partial charge is 0.383 e. The molecule has 0 aliphatic carbocycles. The molecule has 0 aliphatic rings. The normalized spacial score (nSPS) is 10.2. The summed E-state index contributed by atoms with van der Waals surface area (Å²) in [5, 5.41) is 2.27. The molecular weight excluding hydrogens is 156 g/mol. The van der Waals surface area contributed by atoms with E-state index in [0.717, 1.165) is 0 Å². The zero-order chi connectivity index (χ0) is 8.69. The summed E-state index contributed by atoms with van der Waals surface area (Å²) < 4.78 is 27.6. The lowest BCUT2D eigenvalue weighted by atomic mass is 10.4. The van der Waals surface area contributed by atoms with Crippen LogP contribution in [0.4, 0.5) is 8.78 Å². The predicted octanol–water partition coefficient (Wildman–Crippen LogP) is 0.404. The van der Waals surface area contributed by atoms with E-state index in [2.05, 4.69) is 10.1 Å². The number of ether oxygens (including phenoxy) is 1. The van der Waals surface area contributed by atoms with Crippen LogP contribution in [0.1, 0.15) is 6.42 Å². The number of hydrogen-bond donors (Lipinski definition) is 1. The van der Waals surface area contributed by atoms with Crippen LogP contribution in [0.15, 0.2) is 0 Å². The topological polar surface area (TPSA) is 38.3 Å². The van der Waals surface area contributed by atoms with Crippen molar-refractivity contribution in [2.24, 2.45) is 0 Å². The van der Waals surface area contributed by atoms with Crippen LogP contribution in [-0.2, 0) is 9.53 Å². The number of amides is 1. The van der Waals surface area contributed by atoms with E-state index in [4.69, 9.17) is 0 Å². The molecular formula is C6H11F2NO2. The van der Waals surface area contributed by atoms with Gasteiger partial charge in [0.25, 0.3) is 0 Å². The van der Waals surface area contributed by atoms with E-state index < -0.39 is 18.8 Å². The molecule has 0 aromatic heterocycles. The third-order valence-corrected chi connectivity index (χ3v) is 0.968. The molecule has 3 nitrogen and oxygen atoms in total. The number of carbonyl (C=O) groups is 1. The molecule has 1 N–H and O–H groups in total. The highest BCUT2D eigenvalue weighted by Crippen LogP contribution is 1.96. The SMILES string of the molecule is COCCNC(=O)CC(F)F. The quantitative estimate of drug-likeness (QED) is 0.602. The van der Waals surface area contributed by atoms with Crippen LogP contribution in [0.2, 0.25) is 0 Å². The first-order valence-corrected chi connectivity index (χ1v) is 3.20. The predicted molar refractivity (Wildman–Crippen MR) is 35.5 cm³/mol. The summed E-state index contributed by atoms with van der Waals surface area (Å²) in [6, 6.07) is 0. The lowest BCUT2D eigenvalue weighted by Crippen LogP contribution is -2.28. The van der Waals surface area contributed by atoms with E-state index in [1.807, 2.05) is 0 Å². The number of hydrogen-bond acceptors (Lipinski definition) is 2. The Morgan fingerprint density at radius 2 is 2.27 bits per heavy atom. The molecule has 0 aromatic rings. The highest BCUT2D eigenvalue weighted by atomic mass is 19.3. The van der Waals surface area contributed by atoms with Crippen LogP contribution >= 0.6 is 0 Å². The number of rotatable bonds is 5. The Labute approximate surface area is 63.7 Å². The van der Waals surface area contributed by atoms with E-state index >= 15 is 0 Å². The van der Waals surface area contributed by atoms with Crippen molar-refractivity contribution in [1.29, 1.82) is 0 Å². The molecule has 0 fully saturated rings. The first-order chi connectivity index (χ1) is 5.16. The fourth-order valence-electron chi connectivity index (χ4n) is 0.505. The molecule has 0 saturated heterocycles. The molecule has 0 unspecified atom stereocenters. The zero-order valence-electron chi connectivity index (χ0n) is 6.27. The van der Waals surface area contributed by atoms with Crippen molar-refractivity contribution in [3.05, 3.63) is 0 Å². The smallest absolute Gasteiger partial charge is 0.247 e. The van der Waals surface area contributed by atoms with E-state index in [0.29, 0.717) is 6.61 Å². The maximum atomic E-state index is 11.5. The first kappa shape index (κ1) is 10.3. The van der Waals surface area contributed by atoms with Gasteiger partial charge in [0.2, 0.25) is 12.3 Å². The number of nitrogens with one attached hydrogen (secondary N) is 1. The fraction of sp³-hybridized carbons (Fsp3) is 0.833. The van der Waals surface area contributed by atoms with Crippen LogP contribution in [0, 0.1) is 0 Å². The Hall–Kier alpha value is -0.710. The second-order valence-corrected chi connectivity index (χ2v) is 1.94. The molecule has 0 aromatic carbocycles. The van der Waals surface area contributed by atoms with Crippen LogP contribution in [0.5, 0.6) is 0 Å². The molecule has 0 aliphatic heterocycles. The van der Waals surface area contributed by atoms with Gasteiger partial charge in [-0.3, -0.25) is 4.79 Å². The Morgan fingerprint density at radius 1 is 1.64 bits per heavy atom. The van der Waals surface area contributed by atoms with Gasteiger partial charge in [0.05, 0.1) is 13.0 Å². The Balaban J connectivity index is 3.23. The van der Waals surface area contributed by atoms with Gasteiger partial charge in [-0.1, -0.05) is 0 Å². The minimum atomic E-state index is -2.57. The first-order valence-electron chi connectivity index (χ1n) is 3.20. The van der Waals surface area contributed by atoms with Gasteiger partial charge >= 0.3 is 0 Å². The average molecular weight is 167 g/mol. The molecule has 0 heterocycles. The lowest BCUT2D eigenvalue weighted by molar-refractivity contribution is -0.123. The van der Waals surface area contributed by atoms with Gasteiger partial charge in [0.1, 0.15) is 0 Å². The van der Waals surface area contributed by atoms with E-state index in [9.17, 15) is 13.6 Å². The number of carbonyl (C=O) groups excluding carboxylic acids is 1. The van der Waals surface area contributed by atoms with Crippen LogP contribution in [0.25, 0.3) is 0 Å². The van der Waals surface area contributed by atoms with E-state index in [-0.39, 0.29) is 6.54 Å². The summed E-state index contributed by atoms with van der Waals surface area (Å²) in [7, 11) is 1.47. The molecule has 0 spiro atoms. The van der Waals surface area contributed by atoms with E-state index in [1.165, 1.54) is 7.11 Å². The van der Waals surface area contributed by atoms with Gasteiger partial charge in [0.15, 0.2) is 0 Å². The molecule has 0 radical (unpaired) electrons. The second kappa shape index (κ2) is 6.03. The minimum Gasteiger partial charge on any atom is -0.383 e. The molecule has 0 rings (SSSR count). The second-order valence-electron chi connectivity index (χ2n) is 1.94. The van der Waals surface area contributed by atoms with Crippen molar-refractivity contribution in [3.8, 4) is 0 Å². The number of halogens is 2. The van der Waals surface area contributed by atoms with Crippen molar-refractivity contribution in [1.82, 2.24) is 5.32 Å². The van der Waals surface area contributed by atoms with Gasteiger partial charge in [-0.15, -0.1) is 0 Å². The molecule has 0 bridgehead atoms. The average Bonchev–Trinajstić information content (AvgIpc) is 1.86. The molecule has 66 valence electrons. The maximum absolute atomic E-state index is 11.5. The highest BCUT2D eigenvalue weighted by molar-refractivity contribution is 5.76. The fourth-order valence-corrected chi connectivity index (χ4v) is 0.505. The van der Waals surface area contributed by atoms with Crippen LogP contribution in [-0.4, -0.2) is 32.6 Å². The molecule has 1 amide bonds. The number of methoxy groups -OCH3 is 1. The van der Waals surface area contributed by atoms with Crippen molar-refractivity contribution < 1.29 is 18.3 Å². The third kappa shape index (κ3) is 7.18. The Morgan fingerprint density at radius 3 is 2.73 bits per heavy atom. The Kier molecular flexibility index (Phi) is 5.64.